The van der Waals surface area contributed by atoms with Gasteiger partial charge in [-0.05, 0) is 56.6 Å². The Morgan fingerprint density at radius 3 is 2.52 bits per heavy atom. The molecule has 2 rings (SSSR count). The van der Waals surface area contributed by atoms with Gasteiger partial charge in [0.2, 0.25) is 0 Å². The van der Waals surface area contributed by atoms with Crippen molar-refractivity contribution in [3.63, 3.8) is 0 Å². The summed E-state index contributed by atoms with van der Waals surface area (Å²) < 4.78 is 0. The van der Waals surface area contributed by atoms with Gasteiger partial charge in [0.15, 0.2) is 0 Å². The lowest BCUT2D eigenvalue weighted by molar-refractivity contribution is 0.301. The molecule has 1 unspecified atom stereocenters. The maximum Gasteiger partial charge on any atom is 0.0547 e. The molecule has 21 heavy (non-hydrogen) atoms. The number of hydrogen-bond donors (Lipinski definition) is 1. The van der Waals surface area contributed by atoms with Crippen LogP contribution in [0.2, 0.25) is 0 Å². The van der Waals surface area contributed by atoms with E-state index in [2.05, 4.69) is 61.1 Å². The Kier molecular flexibility index (Phi) is 5.10. The Morgan fingerprint density at radius 1 is 1.10 bits per heavy atom. The van der Waals surface area contributed by atoms with Gasteiger partial charge in [-0.1, -0.05) is 24.3 Å². The molecule has 1 aromatic heterocycles. The zero-order chi connectivity index (χ0) is 15.4. The van der Waals surface area contributed by atoms with Gasteiger partial charge in [-0.2, -0.15) is 0 Å². The SMILES string of the molecule is Cc1cccc(CN(C)CC(N)c2ccc(C)c(C)c2)n1. The van der Waals surface area contributed by atoms with Crippen molar-refractivity contribution in [1.82, 2.24) is 9.88 Å². The molecule has 112 valence electrons. The van der Waals surface area contributed by atoms with Crippen molar-refractivity contribution < 1.29 is 0 Å². The third-order valence-corrected chi connectivity index (χ3v) is 3.85. The minimum absolute atomic E-state index is 0.0270. The van der Waals surface area contributed by atoms with Crippen molar-refractivity contribution in [3.8, 4) is 0 Å². The molecule has 0 saturated heterocycles. The van der Waals surface area contributed by atoms with Gasteiger partial charge in [0.05, 0.1) is 5.69 Å². The predicted molar refractivity (Wildman–Crippen MR) is 88.2 cm³/mol. The molecule has 1 aromatic carbocycles. The molecule has 3 nitrogen and oxygen atoms in total. The summed E-state index contributed by atoms with van der Waals surface area (Å²) in [6.45, 7) is 7.91. The van der Waals surface area contributed by atoms with Gasteiger partial charge >= 0.3 is 0 Å². The van der Waals surface area contributed by atoms with Crippen LogP contribution < -0.4 is 5.73 Å². The van der Waals surface area contributed by atoms with Gasteiger partial charge in [0.1, 0.15) is 0 Å². The fourth-order valence-corrected chi connectivity index (χ4v) is 2.47. The van der Waals surface area contributed by atoms with Crippen LogP contribution in [0.25, 0.3) is 0 Å². The number of nitrogens with zero attached hydrogens (tertiary/aromatic N) is 2. The normalized spacial score (nSPS) is 12.7. The summed E-state index contributed by atoms with van der Waals surface area (Å²) in [4.78, 5) is 6.76. The fraction of sp³-hybridized carbons (Fsp3) is 0.389. The van der Waals surface area contributed by atoms with Crippen molar-refractivity contribution >= 4 is 0 Å². The number of benzene rings is 1. The van der Waals surface area contributed by atoms with Crippen molar-refractivity contribution in [3.05, 3.63) is 64.5 Å². The molecular weight excluding hydrogens is 258 g/mol. The minimum atomic E-state index is 0.0270. The molecule has 2 N–H and O–H groups in total. The summed E-state index contributed by atoms with van der Waals surface area (Å²) in [6.07, 6.45) is 0. The van der Waals surface area contributed by atoms with Crippen LogP contribution in [0.5, 0.6) is 0 Å². The second-order valence-corrected chi connectivity index (χ2v) is 5.92. The molecule has 3 heteroatoms. The van der Waals surface area contributed by atoms with E-state index in [0.29, 0.717) is 0 Å². The van der Waals surface area contributed by atoms with E-state index in [4.69, 9.17) is 5.73 Å². The van der Waals surface area contributed by atoms with Gasteiger partial charge in [-0.3, -0.25) is 9.88 Å². The molecule has 0 saturated carbocycles. The lowest BCUT2D eigenvalue weighted by Crippen LogP contribution is -2.29. The number of nitrogens with two attached hydrogens (primary N) is 1. The van der Waals surface area contributed by atoms with Gasteiger partial charge in [-0.25, -0.2) is 0 Å². The molecule has 0 aliphatic heterocycles. The molecule has 0 aliphatic rings. The zero-order valence-electron chi connectivity index (χ0n) is 13.4. The number of hydrogen-bond acceptors (Lipinski definition) is 3. The maximum atomic E-state index is 6.34. The Balaban J connectivity index is 1.98. The van der Waals surface area contributed by atoms with Crippen LogP contribution in [-0.4, -0.2) is 23.5 Å². The molecule has 0 aliphatic carbocycles. The molecule has 1 heterocycles. The van der Waals surface area contributed by atoms with Crippen LogP contribution in [0.4, 0.5) is 0 Å². The Morgan fingerprint density at radius 2 is 1.86 bits per heavy atom. The van der Waals surface area contributed by atoms with Crippen molar-refractivity contribution in [2.24, 2.45) is 5.73 Å². The number of rotatable bonds is 5. The van der Waals surface area contributed by atoms with E-state index >= 15 is 0 Å². The van der Waals surface area contributed by atoms with Gasteiger partial charge in [-0.15, -0.1) is 0 Å². The van der Waals surface area contributed by atoms with Crippen molar-refractivity contribution in [1.29, 1.82) is 0 Å². The summed E-state index contributed by atoms with van der Waals surface area (Å²) in [5.74, 6) is 0. The van der Waals surface area contributed by atoms with E-state index in [9.17, 15) is 0 Å². The quantitative estimate of drug-likeness (QED) is 0.916. The third kappa shape index (κ3) is 4.38. The molecule has 0 spiro atoms. The van der Waals surface area contributed by atoms with E-state index in [1.165, 1.54) is 16.7 Å². The highest BCUT2D eigenvalue weighted by atomic mass is 15.1. The first kappa shape index (κ1) is 15.7. The predicted octanol–water partition coefficient (Wildman–Crippen LogP) is 3.14. The maximum absolute atomic E-state index is 6.34. The number of likely N-dealkylation sites (N-methyl/N-ethyl adjacent to an activating group) is 1. The van der Waals surface area contributed by atoms with E-state index in [-0.39, 0.29) is 6.04 Å². The Labute approximate surface area is 127 Å². The van der Waals surface area contributed by atoms with Crippen LogP contribution in [0, 0.1) is 20.8 Å². The van der Waals surface area contributed by atoms with E-state index in [1.807, 2.05) is 13.0 Å². The minimum Gasteiger partial charge on any atom is -0.323 e. The van der Waals surface area contributed by atoms with E-state index in [0.717, 1.165) is 24.5 Å². The Hall–Kier alpha value is -1.71. The summed E-state index contributed by atoms with van der Waals surface area (Å²) in [5, 5.41) is 0. The lowest BCUT2D eigenvalue weighted by Gasteiger charge is -2.22. The van der Waals surface area contributed by atoms with Crippen molar-refractivity contribution in [2.45, 2.75) is 33.4 Å². The van der Waals surface area contributed by atoms with Gasteiger partial charge < -0.3 is 5.73 Å². The van der Waals surface area contributed by atoms with Crippen LogP contribution in [0.15, 0.2) is 36.4 Å². The van der Waals surface area contributed by atoms with Crippen LogP contribution >= 0.6 is 0 Å². The average Bonchev–Trinajstić information content (AvgIpc) is 2.41. The molecule has 0 bridgehead atoms. The standard InChI is InChI=1S/C18H25N3/c1-13-8-9-16(10-14(13)2)18(19)12-21(4)11-17-7-5-6-15(3)20-17/h5-10,18H,11-12,19H2,1-4H3. The number of pyridine rings is 1. The first-order valence-corrected chi connectivity index (χ1v) is 7.39. The summed E-state index contributed by atoms with van der Waals surface area (Å²) >= 11 is 0. The second kappa shape index (κ2) is 6.83. The number of aryl methyl sites for hydroxylation is 3. The van der Waals surface area contributed by atoms with Crippen LogP contribution in [-0.2, 0) is 6.54 Å². The first-order valence-electron chi connectivity index (χ1n) is 7.39. The monoisotopic (exact) mass is 283 g/mol. The topological polar surface area (TPSA) is 42.1 Å². The largest absolute Gasteiger partial charge is 0.323 e. The zero-order valence-corrected chi connectivity index (χ0v) is 13.4. The molecule has 1 atom stereocenters. The Bertz CT molecular complexity index is 607. The smallest absolute Gasteiger partial charge is 0.0547 e. The second-order valence-electron chi connectivity index (χ2n) is 5.92. The highest BCUT2D eigenvalue weighted by Gasteiger charge is 2.11. The molecule has 0 radical (unpaired) electrons. The summed E-state index contributed by atoms with van der Waals surface area (Å²) in [6, 6.07) is 12.6. The van der Waals surface area contributed by atoms with Crippen LogP contribution in [0.1, 0.15) is 34.1 Å². The highest BCUT2D eigenvalue weighted by molar-refractivity contribution is 5.31. The number of aromatic nitrogens is 1. The van der Waals surface area contributed by atoms with Gasteiger partial charge in [0, 0.05) is 24.8 Å². The van der Waals surface area contributed by atoms with E-state index in [1.54, 1.807) is 0 Å². The highest BCUT2D eigenvalue weighted by Crippen LogP contribution is 2.16. The van der Waals surface area contributed by atoms with E-state index < -0.39 is 0 Å². The third-order valence-electron chi connectivity index (χ3n) is 3.85. The molecular formula is C18H25N3. The average molecular weight is 283 g/mol. The lowest BCUT2D eigenvalue weighted by atomic mass is 10.0. The fourth-order valence-electron chi connectivity index (χ4n) is 2.47. The van der Waals surface area contributed by atoms with Crippen molar-refractivity contribution in [2.75, 3.05) is 13.6 Å². The van der Waals surface area contributed by atoms with Crippen LogP contribution in [0.3, 0.4) is 0 Å². The molecule has 0 fully saturated rings. The molecule has 0 amide bonds. The van der Waals surface area contributed by atoms with Gasteiger partial charge in [0.25, 0.3) is 0 Å². The summed E-state index contributed by atoms with van der Waals surface area (Å²) in [5.41, 5.74) is 12.3. The first-order chi connectivity index (χ1) is 9.95. The summed E-state index contributed by atoms with van der Waals surface area (Å²) in [7, 11) is 2.09. The molecule has 2 aromatic rings.